The molecule has 2 rings (SSSR count). The maximum atomic E-state index is 14.4. The molecule has 0 aliphatic rings. The fraction of sp³-hybridized carbons (Fsp3) is 0.235. The van der Waals surface area contributed by atoms with Crippen molar-refractivity contribution in [2.24, 2.45) is 5.73 Å². The van der Waals surface area contributed by atoms with Crippen LogP contribution in [0.1, 0.15) is 25.0 Å². The molecular weight excluding hydrogens is 283 g/mol. The molecule has 0 saturated heterocycles. The minimum Gasteiger partial charge on any atom is -0.389 e. The lowest BCUT2D eigenvalue weighted by atomic mass is 10.1. The van der Waals surface area contributed by atoms with E-state index >= 15 is 0 Å². The van der Waals surface area contributed by atoms with Crippen molar-refractivity contribution in [3.8, 4) is 0 Å². The second-order valence-corrected chi connectivity index (χ2v) is 5.68. The summed E-state index contributed by atoms with van der Waals surface area (Å²) in [4.78, 5) is 2.23. The van der Waals surface area contributed by atoms with Crippen LogP contribution in [0.25, 0.3) is 0 Å². The van der Waals surface area contributed by atoms with Gasteiger partial charge in [0.15, 0.2) is 0 Å². The van der Waals surface area contributed by atoms with Gasteiger partial charge in [0.2, 0.25) is 0 Å². The minimum atomic E-state index is -0.301. The van der Waals surface area contributed by atoms with Crippen molar-refractivity contribution < 1.29 is 4.39 Å². The molecule has 0 fully saturated rings. The Morgan fingerprint density at radius 3 is 2.38 bits per heavy atom. The Hall–Kier alpha value is -1.94. The number of nitrogens with zero attached hydrogens (tertiary/aromatic N) is 1. The zero-order chi connectivity index (χ0) is 15.4. The first-order valence-corrected chi connectivity index (χ1v) is 7.30. The summed E-state index contributed by atoms with van der Waals surface area (Å²) in [6.45, 7) is 4.75. The van der Waals surface area contributed by atoms with Gasteiger partial charge in [0, 0.05) is 18.2 Å². The first kappa shape index (κ1) is 15.4. The van der Waals surface area contributed by atoms with Gasteiger partial charge in [-0.3, -0.25) is 0 Å². The molecule has 2 aromatic rings. The lowest BCUT2D eigenvalue weighted by Gasteiger charge is -2.29. The van der Waals surface area contributed by atoms with Gasteiger partial charge in [-0.1, -0.05) is 42.5 Å². The number of benzene rings is 2. The van der Waals surface area contributed by atoms with E-state index in [4.69, 9.17) is 18.0 Å². The van der Waals surface area contributed by atoms with Gasteiger partial charge < -0.3 is 10.6 Å². The topological polar surface area (TPSA) is 29.3 Å². The molecular formula is C17H19FN2S. The third kappa shape index (κ3) is 3.79. The molecule has 2 aromatic carbocycles. The van der Waals surface area contributed by atoms with E-state index in [1.807, 2.05) is 49.1 Å². The highest BCUT2D eigenvalue weighted by molar-refractivity contribution is 7.80. The molecule has 0 radical (unpaired) electrons. The van der Waals surface area contributed by atoms with Gasteiger partial charge in [0.1, 0.15) is 10.8 Å². The minimum absolute atomic E-state index is 0.176. The Labute approximate surface area is 130 Å². The molecule has 0 bridgehead atoms. The van der Waals surface area contributed by atoms with E-state index in [9.17, 15) is 4.39 Å². The molecule has 0 atom stereocenters. The average molecular weight is 302 g/mol. The monoisotopic (exact) mass is 302 g/mol. The SMILES string of the molecule is CC(C)N(Cc1ccccc1)c1ccc(C(N)=S)cc1F. The molecule has 110 valence electrons. The highest BCUT2D eigenvalue weighted by Crippen LogP contribution is 2.24. The maximum Gasteiger partial charge on any atom is 0.147 e. The lowest BCUT2D eigenvalue weighted by molar-refractivity contribution is 0.598. The molecule has 0 aromatic heterocycles. The maximum absolute atomic E-state index is 14.4. The van der Waals surface area contributed by atoms with Crippen molar-refractivity contribution in [3.05, 3.63) is 65.5 Å². The van der Waals surface area contributed by atoms with Crippen molar-refractivity contribution in [2.75, 3.05) is 4.90 Å². The van der Waals surface area contributed by atoms with Crippen molar-refractivity contribution in [1.82, 2.24) is 0 Å². The summed E-state index contributed by atoms with van der Waals surface area (Å²) in [6, 6.07) is 15.1. The van der Waals surface area contributed by atoms with E-state index in [2.05, 4.69) is 0 Å². The van der Waals surface area contributed by atoms with Gasteiger partial charge in [-0.25, -0.2) is 4.39 Å². The van der Waals surface area contributed by atoms with Crippen LogP contribution < -0.4 is 10.6 Å². The van der Waals surface area contributed by atoms with Crippen LogP contribution in [0.5, 0.6) is 0 Å². The number of anilines is 1. The third-order valence-corrected chi connectivity index (χ3v) is 3.60. The first-order chi connectivity index (χ1) is 9.99. The van der Waals surface area contributed by atoms with E-state index < -0.39 is 0 Å². The van der Waals surface area contributed by atoms with Crippen LogP contribution in [0.15, 0.2) is 48.5 Å². The van der Waals surface area contributed by atoms with E-state index in [1.165, 1.54) is 6.07 Å². The third-order valence-electron chi connectivity index (χ3n) is 3.36. The molecule has 0 unspecified atom stereocenters. The summed E-state index contributed by atoms with van der Waals surface area (Å²) >= 11 is 4.88. The molecule has 2 N–H and O–H groups in total. The summed E-state index contributed by atoms with van der Waals surface area (Å²) in [5, 5.41) is 0. The van der Waals surface area contributed by atoms with Crippen LogP contribution in [0.4, 0.5) is 10.1 Å². The van der Waals surface area contributed by atoms with Gasteiger partial charge in [-0.05, 0) is 37.6 Å². The Kier molecular flexibility index (Phi) is 4.91. The molecule has 0 spiro atoms. The molecule has 2 nitrogen and oxygen atoms in total. The Morgan fingerprint density at radius 2 is 1.86 bits per heavy atom. The number of hydrogen-bond donors (Lipinski definition) is 1. The molecule has 0 aliphatic heterocycles. The summed E-state index contributed by atoms with van der Waals surface area (Å²) in [6.07, 6.45) is 0. The fourth-order valence-electron chi connectivity index (χ4n) is 2.22. The highest BCUT2D eigenvalue weighted by atomic mass is 32.1. The Bertz CT molecular complexity index is 626. The van der Waals surface area contributed by atoms with Crippen LogP contribution in [-0.4, -0.2) is 11.0 Å². The van der Waals surface area contributed by atoms with Crippen LogP contribution in [0, 0.1) is 5.82 Å². The van der Waals surface area contributed by atoms with Gasteiger partial charge in [0.05, 0.1) is 5.69 Å². The quantitative estimate of drug-likeness (QED) is 0.850. The van der Waals surface area contributed by atoms with Gasteiger partial charge in [0.25, 0.3) is 0 Å². The molecule has 21 heavy (non-hydrogen) atoms. The summed E-state index contributed by atoms with van der Waals surface area (Å²) in [7, 11) is 0. The summed E-state index contributed by atoms with van der Waals surface area (Å²) < 4.78 is 14.4. The van der Waals surface area contributed by atoms with Crippen molar-refractivity contribution in [3.63, 3.8) is 0 Å². The van der Waals surface area contributed by atoms with E-state index in [-0.39, 0.29) is 16.8 Å². The predicted octanol–water partition coefficient (Wildman–Crippen LogP) is 3.87. The zero-order valence-corrected chi connectivity index (χ0v) is 13.0. The molecule has 0 saturated carbocycles. The number of thiocarbonyl (C=S) groups is 1. The van der Waals surface area contributed by atoms with Gasteiger partial charge in [-0.15, -0.1) is 0 Å². The van der Waals surface area contributed by atoms with Crippen molar-refractivity contribution in [2.45, 2.75) is 26.4 Å². The standard InChI is InChI=1S/C17H19FN2S/c1-12(2)20(11-13-6-4-3-5-7-13)16-9-8-14(17(19)21)10-15(16)18/h3-10,12H,11H2,1-2H3,(H2,19,21). The van der Waals surface area contributed by atoms with Crippen LogP contribution >= 0.6 is 12.2 Å². The second kappa shape index (κ2) is 6.68. The largest absolute Gasteiger partial charge is 0.389 e. The fourth-order valence-corrected chi connectivity index (χ4v) is 2.35. The molecule has 0 aliphatic carbocycles. The number of hydrogen-bond acceptors (Lipinski definition) is 2. The summed E-state index contributed by atoms with van der Waals surface area (Å²) in [5.41, 5.74) is 7.80. The molecule has 0 amide bonds. The van der Waals surface area contributed by atoms with Crippen LogP contribution in [0.3, 0.4) is 0 Å². The van der Waals surface area contributed by atoms with Gasteiger partial charge >= 0.3 is 0 Å². The number of nitrogens with two attached hydrogens (primary N) is 1. The molecule has 0 heterocycles. The zero-order valence-electron chi connectivity index (χ0n) is 12.2. The first-order valence-electron chi connectivity index (χ1n) is 6.89. The molecule has 4 heteroatoms. The Balaban J connectivity index is 2.32. The number of rotatable bonds is 5. The van der Waals surface area contributed by atoms with Gasteiger partial charge in [-0.2, -0.15) is 0 Å². The normalized spacial score (nSPS) is 10.7. The average Bonchev–Trinajstić information content (AvgIpc) is 2.46. The predicted molar refractivity (Wildman–Crippen MR) is 90.0 cm³/mol. The lowest BCUT2D eigenvalue weighted by Crippen LogP contribution is -2.31. The van der Waals surface area contributed by atoms with E-state index in [0.29, 0.717) is 17.8 Å². The number of halogens is 1. The van der Waals surface area contributed by atoms with E-state index in [1.54, 1.807) is 12.1 Å². The van der Waals surface area contributed by atoms with Crippen molar-refractivity contribution >= 4 is 22.9 Å². The summed E-state index contributed by atoms with van der Waals surface area (Å²) in [5.74, 6) is -0.301. The van der Waals surface area contributed by atoms with Crippen LogP contribution in [-0.2, 0) is 6.54 Å². The Morgan fingerprint density at radius 1 is 1.19 bits per heavy atom. The highest BCUT2D eigenvalue weighted by Gasteiger charge is 2.16. The smallest absolute Gasteiger partial charge is 0.147 e. The van der Waals surface area contributed by atoms with Crippen molar-refractivity contribution in [1.29, 1.82) is 0 Å². The second-order valence-electron chi connectivity index (χ2n) is 5.24. The van der Waals surface area contributed by atoms with E-state index in [0.717, 1.165) is 5.56 Å². The van der Waals surface area contributed by atoms with Crippen LogP contribution in [0.2, 0.25) is 0 Å².